The fraction of sp³-hybridized carbons (Fsp3) is 0.636. The Morgan fingerprint density at radius 2 is 1.93 bits per heavy atom. The number of hydrogen-bond acceptors (Lipinski definition) is 2. The lowest BCUT2D eigenvalue weighted by molar-refractivity contribution is -0.139. The topological polar surface area (TPSA) is 66.4 Å². The van der Waals surface area contributed by atoms with Crippen molar-refractivity contribution in [3.63, 3.8) is 0 Å². The summed E-state index contributed by atoms with van der Waals surface area (Å²) in [7, 11) is 0. The van der Waals surface area contributed by atoms with Crippen molar-refractivity contribution >= 4 is 11.9 Å². The first kappa shape index (κ1) is 11.6. The molecule has 0 aromatic rings. The highest BCUT2D eigenvalue weighted by molar-refractivity contribution is 5.93. The molecule has 0 heterocycles. The Labute approximate surface area is 89.0 Å². The minimum absolute atomic E-state index is 0.0413. The SMILES string of the molecule is C#CC(=O)NC1(CC(=O)O)CCCCC1. The van der Waals surface area contributed by atoms with E-state index in [0.717, 1.165) is 19.3 Å². The van der Waals surface area contributed by atoms with Gasteiger partial charge in [-0.2, -0.15) is 0 Å². The summed E-state index contributed by atoms with van der Waals surface area (Å²) >= 11 is 0. The summed E-state index contributed by atoms with van der Waals surface area (Å²) in [5.74, 6) is 0.557. The van der Waals surface area contributed by atoms with Gasteiger partial charge in [0.05, 0.1) is 12.0 Å². The van der Waals surface area contributed by atoms with Crippen molar-refractivity contribution in [2.45, 2.75) is 44.1 Å². The summed E-state index contributed by atoms with van der Waals surface area (Å²) in [6, 6.07) is 0. The number of carbonyl (C=O) groups excluding carboxylic acids is 1. The van der Waals surface area contributed by atoms with Crippen LogP contribution in [0.1, 0.15) is 38.5 Å². The van der Waals surface area contributed by atoms with Gasteiger partial charge < -0.3 is 10.4 Å². The quantitative estimate of drug-likeness (QED) is 0.679. The number of rotatable bonds is 3. The maximum atomic E-state index is 11.1. The van der Waals surface area contributed by atoms with E-state index >= 15 is 0 Å². The first-order chi connectivity index (χ1) is 7.08. The van der Waals surface area contributed by atoms with E-state index in [9.17, 15) is 9.59 Å². The van der Waals surface area contributed by atoms with Crippen LogP contribution >= 0.6 is 0 Å². The van der Waals surface area contributed by atoms with E-state index in [0.29, 0.717) is 12.8 Å². The van der Waals surface area contributed by atoms with Gasteiger partial charge in [-0.15, -0.1) is 6.42 Å². The largest absolute Gasteiger partial charge is 0.481 e. The van der Waals surface area contributed by atoms with Crippen LogP contribution in [0.25, 0.3) is 0 Å². The van der Waals surface area contributed by atoms with Crippen molar-refractivity contribution in [1.82, 2.24) is 5.32 Å². The predicted octanol–water partition coefficient (Wildman–Crippen LogP) is 0.913. The van der Waals surface area contributed by atoms with Gasteiger partial charge in [-0.05, 0) is 18.8 Å². The minimum Gasteiger partial charge on any atom is -0.481 e. The second kappa shape index (κ2) is 4.83. The summed E-state index contributed by atoms with van der Waals surface area (Å²) in [5, 5.41) is 11.5. The molecule has 0 aliphatic heterocycles. The van der Waals surface area contributed by atoms with Gasteiger partial charge >= 0.3 is 5.97 Å². The van der Waals surface area contributed by atoms with Crippen molar-refractivity contribution in [3.05, 3.63) is 0 Å². The van der Waals surface area contributed by atoms with Gasteiger partial charge in [0.1, 0.15) is 0 Å². The van der Waals surface area contributed by atoms with Crippen LogP contribution < -0.4 is 5.32 Å². The third-order valence-corrected chi connectivity index (χ3v) is 2.81. The Morgan fingerprint density at radius 3 is 2.40 bits per heavy atom. The molecular weight excluding hydrogens is 194 g/mol. The smallest absolute Gasteiger partial charge is 0.305 e. The Bertz CT molecular complexity index is 297. The number of nitrogens with one attached hydrogen (secondary N) is 1. The lowest BCUT2D eigenvalue weighted by Crippen LogP contribution is -2.50. The van der Waals surface area contributed by atoms with Crippen molar-refractivity contribution in [1.29, 1.82) is 0 Å². The summed E-state index contributed by atoms with van der Waals surface area (Å²) in [6.07, 6.45) is 9.31. The van der Waals surface area contributed by atoms with Crippen LogP contribution in [0, 0.1) is 12.3 Å². The van der Waals surface area contributed by atoms with E-state index in [1.807, 2.05) is 5.92 Å². The second-order valence-electron chi connectivity index (χ2n) is 4.01. The molecule has 82 valence electrons. The second-order valence-corrected chi connectivity index (χ2v) is 4.01. The zero-order valence-corrected chi connectivity index (χ0v) is 8.58. The molecule has 0 spiro atoms. The molecule has 1 amide bonds. The third kappa shape index (κ3) is 3.28. The number of carboxylic acid groups (broad SMARTS) is 1. The first-order valence-corrected chi connectivity index (χ1v) is 5.08. The molecule has 4 heteroatoms. The zero-order valence-electron chi connectivity index (χ0n) is 8.58. The molecule has 0 bridgehead atoms. The first-order valence-electron chi connectivity index (χ1n) is 5.08. The van der Waals surface area contributed by atoms with E-state index < -0.39 is 17.4 Å². The molecular formula is C11H15NO3. The number of amides is 1. The molecule has 2 N–H and O–H groups in total. The molecule has 4 nitrogen and oxygen atoms in total. The predicted molar refractivity (Wildman–Crippen MR) is 55.0 cm³/mol. The molecule has 15 heavy (non-hydrogen) atoms. The summed E-state index contributed by atoms with van der Waals surface area (Å²) in [5.41, 5.74) is -0.618. The van der Waals surface area contributed by atoms with Crippen LogP contribution in [-0.4, -0.2) is 22.5 Å². The van der Waals surface area contributed by atoms with Gasteiger partial charge in [-0.25, -0.2) is 0 Å². The Balaban J connectivity index is 2.71. The highest BCUT2D eigenvalue weighted by Crippen LogP contribution is 2.30. The molecule has 1 fully saturated rings. The van der Waals surface area contributed by atoms with Gasteiger partial charge in [0.2, 0.25) is 0 Å². The summed E-state index contributed by atoms with van der Waals surface area (Å²) < 4.78 is 0. The molecule has 1 rings (SSSR count). The van der Waals surface area contributed by atoms with E-state index in [4.69, 9.17) is 11.5 Å². The number of aliphatic carboxylic acids is 1. The maximum Gasteiger partial charge on any atom is 0.305 e. The fourth-order valence-electron chi connectivity index (χ4n) is 2.14. The lowest BCUT2D eigenvalue weighted by atomic mass is 9.79. The van der Waals surface area contributed by atoms with Gasteiger partial charge in [0.25, 0.3) is 5.91 Å². The van der Waals surface area contributed by atoms with Crippen LogP contribution in [0.2, 0.25) is 0 Å². The molecule has 0 atom stereocenters. The van der Waals surface area contributed by atoms with Crippen LogP contribution in [0.5, 0.6) is 0 Å². The number of carbonyl (C=O) groups is 2. The van der Waals surface area contributed by atoms with Crippen LogP contribution in [0.4, 0.5) is 0 Å². The highest BCUT2D eigenvalue weighted by Gasteiger charge is 2.35. The maximum absolute atomic E-state index is 11.1. The molecule has 1 aliphatic carbocycles. The van der Waals surface area contributed by atoms with E-state index in [1.54, 1.807) is 0 Å². The summed E-state index contributed by atoms with van der Waals surface area (Å²) in [6.45, 7) is 0. The Kier molecular flexibility index (Phi) is 3.73. The van der Waals surface area contributed by atoms with E-state index in [2.05, 4.69) is 5.32 Å². The van der Waals surface area contributed by atoms with Crippen molar-refractivity contribution < 1.29 is 14.7 Å². The standard InChI is InChI=1S/C11H15NO3/c1-2-9(13)12-11(8-10(14)15)6-4-3-5-7-11/h1H,3-8H2,(H,12,13)(H,14,15). The van der Waals surface area contributed by atoms with Gasteiger partial charge in [0.15, 0.2) is 0 Å². The van der Waals surface area contributed by atoms with Gasteiger partial charge in [-0.1, -0.05) is 19.3 Å². The van der Waals surface area contributed by atoms with Crippen molar-refractivity contribution in [2.75, 3.05) is 0 Å². The van der Waals surface area contributed by atoms with Crippen LogP contribution in [0.3, 0.4) is 0 Å². The average Bonchev–Trinajstić information content (AvgIpc) is 2.17. The number of hydrogen-bond donors (Lipinski definition) is 2. The van der Waals surface area contributed by atoms with E-state index in [-0.39, 0.29) is 6.42 Å². The number of terminal acetylenes is 1. The average molecular weight is 209 g/mol. The monoisotopic (exact) mass is 209 g/mol. The van der Waals surface area contributed by atoms with Crippen LogP contribution in [-0.2, 0) is 9.59 Å². The Hall–Kier alpha value is -1.50. The molecule has 1 aliphatic rings. The van der Waals surface area contributed by atoms with Crippen molar-refractivity contribution in [2.24, 2.45) is 0 Å². The Morgan fingerprint density at radius 1 is 1.33 bits per heavy atom. The van der Waals surface area contributed by atoms with E-state index in [1.165, 1.54) is 0 Å². The third-order valence-electron chi connectivity index (χ3n) is 2.81. The van der Waals surface area contributed by atoms with Crippen molar-refractivity contribution in [3.8, 4) is 12.3 Å². The highest BCUT2D eigenvalue weighted by atomic mass is 16.4. The fourth-order valence-corrected chi connectivity index (χ4v) is 2.14. The molecule has 0 aromatic heterocycles. The lowest BCUT2D eigenvalue weighted by Gasteiger charge is -2.36. The normalized spacial score (nSPS) is 18.9. The summed E-state index contributed by atoms with van der Waals surface area (Å²) in [4.78, 5) is 21.9. The van der Waals surface area contributed by atoms with Gasteiger partial charge in [-0.3, -0.25) is 9.59 Å². The number of carboxylic acids is 1. The zero-order chi connectivity index (χ0) is 11.3. The molecule has 0 radical (unpaired) electrons. The molecule has 1 saturated carbocycles. The molecule has 0 saturated heterocycles. The molecule has 0 aromatic carbocycles. The van der Waals surface area contributed by atoms with Crippen LogP contribution in [0.15, 0.2) is 0 Å². The molecule has 0 unspecified atom stereocenters. The minimum atomic E-state index is -0.894. The van der Waals surface area contributed by atoms with Gasteiger partial charge in [0, 0.05) is 0 Å².